The van der Waals surface area contributed by atoms with Crippen molar-refractivity contribution < 1.29 is 9.90 Å². The Bertz CT molecular complexity index is 1130. The summed E-state index contributed by atoms with van der Waals surface area (Å²) in [5.74, 6) is -0.586. The maximum Gasteiger partial charge on any atom is 0.347 e. The fourth-order valence-corrected chi connectivity index (χ4v) is 3.80. The van der Waals surface area contributed by atoms with Gasteiger partial charge in [0.25, 0.3) is 0 Å². The molecule has 0 aliphatic rings. The van der Waals surface area contributed by atoms with Crippen molar-refractivity contribution in [2.45, 2.75) is 6.42 Å². The Hall–Kier alpha value is -2.96. The smallest absolute Gasteiger partial charge is 0.347 e. The molecule has 136 valence electrons. The number of aromatic nitrogens is 2. The summed E-state index contributed by atoms with van der Waals surface area (Å²) in [5.41, 5.74) is 8.08. The SMILES string of the molecule is Cl.Nc1cc(-c2nc(Cc3ccc4ccccc4c3)c(C(=O)O)s2)ccn1. The number of rotatable bonds is 4. The van der Waals surface area contributed by atoms with Crippen molar-refractivity contribution in [1.29, 1.82) is 0 Å². The third-order valence-electron chi connectivity index (χ3n) is 4.11. The number of thiazole rings is 1. The molecule has 2 heterocycles. The van der Waals surface area contributed by atoms with Crippen LogP contribution in [0.1, 0.15) is 20.9 Å². The van der Waals surface area contributed by atoms with Crippen LogP contribution in [0, 0.1) is 0 Å². The summed E-state index contributed by atoms with van der Waals surface area (Å²) in [6, 6.07) is 17.7. The molecule has 0 fully saturated rings. The van der Waals surface area contributed by atoms with Gasteiger partial charge in [0.1, 0.15) is 15.7 Å². The molecular formula is C20H16ClN3O2S. The number of carboxylic acids is 1. The maximum atomic E-state index is 11.7. The average Bonchev–Trinajstić information content (AvgIpc) is 3.06. The minimum Gasteiger partial charge on any atom is -0.477 e. The predicted molar refractivity (Wildman–Crippen MR) is 111 cm³/mol. The highest BCUT2D eigenvalue weighted by Crippen LogP contribution is 2.30. The second-order valence-electron chi connectivity index (χ2n) is 5.93. The number of carbonyl (C=O) groups is 1. The number of nitrogens with zero attached hydrogens (tertiary/aromatic N) is 2. The van der Waals surface area contributed by atoms with Crippen molar-refractivity contribution >= 4 is 46.3 Å². The van der Waals surface area contributed by atoms with E-state index >= 15 is 0 Å². The molecule has 0 radical (unpaired) electrons. The van der Waals surface area contributed by atoms with Crippen LogP contribution < -0.4 is 5.73 Å². The van der Waals surface area contributed by atoms with Crippen LogP contribution in [0.25, 0.3) is 21.3 Å². The quantitative estimate of drug-likeness (QED) is 0.523. The third kappa shape index (κ3) is 3.92. The Labute approximate surface area is 165 Å². The molecule has 4 rings (SSSR count). The van der Waals surface area contributed by atoms with E-state index in [4.69, 9.17) is 5.73 Å². The average molecular weight is 398 g/mol. The molecule has 0 saturated carbocycles. The Morgan fingerprint density at radius 1 is 1.07 bits per heavy atom. The number of halogens is 1. The van der Waals surface area contributed by atoms with Crippen LogP contribution in [-0.2, 0) is 6.42 Å². The van der Waals surface area contributed by atoms with Gasteiger partial charge in [0, 0.05) is 18.2 Å². The topological polar surface area (TPSA) is 89.1 Å². The van der Waals surface area contributed by atoms with E-state index in [9.17, 15) is 9.90 Å². The second kappa shape index (κ2) is 7.73. The lowest BCUT2D eigenvalue weighted by atomic mass is 10.0. The van der Waals surface area contributed by atoms with E-state index in [1.165, 1.54) is 0 Å². The third-order valence-corrected chi connectivity index (χ3v) is 5.24. The first kappa shape index (κ1) is 18.8. The number of carboxylic acid groups (broad SMARTS) is 1. The van der Waals surface area contributed by atoms with Crippen LogP contribution in [0.15, 0.2) is 60.8 Å². The van der Waals surface area contributed by atoms with Crippen LogP contribution in [-0.4, -0.2) is 21.0 Å². The normalized spacial score (nSPS) is 10.5. The van der Waals surface area contributed by atoms with E-state index in [1.54, 1.807) is 18.3 Å². The lowest BCUT2D eigenvalue weighted by Crippen LogP contribution is -2.00. The molecule has 2 aromatic heterocycles. The highest BCUT2D eigenvalue weighted by molar-refractivity contribution is 7.17. The molecule has 0 bridgehead atoms. The minimum atomic E-state index is -0.966. The van der Waals surface area contributed by atoms with Crippen molar-refractivity contribution in [3.8, 4) is 10.6 Å². The number of nitrogens with two attached hydrogens (primary N) is 1. The molecule has 5 nitrogen and oxygen atoms in total. The number of pyridine rings is 1. The molecule has 7 heteroatoms. The predicted octanol–water partition coefficient (Wildman–Crippen LogP) is 4.65. The van der Waals surface area contributed by atoms with Gasteiger partial charge in [-0.3, -0.25) is 0 Å². The number of anilines is 1. The molecule has 0 spiro atoms. The number of aromatic carboxylic acids is 1. The van der Waals surface area contributed by atoms with Gasteiger partial charge in [-0.15, -0.1) is 23.7 Å². The van der Waals surface area contributed by atoms with E-state index in [0.717, 1.165) is 33.2 Å². The van der Waals surface area contributed by atoms with Crippen LogP contribution in [0.4, 0.5) is 5.82 Å². The van der Waals surface area contributed by atoms with Crippen molar-refractivity contribution in [2.75, 3.05) is 5.73 Å². The Morgan fingerprint density at radius 3 is 2.59 bits per heavy atom. The molecular weight excluding hydrogens is 382 g/mol. The zero-order chi connectivity index (χ0) is 18.1. The number of nitrogen functional groups attached to an aromatic ring is 1. The van der Waals surface area contributed by atoms with E-state index in [0.29, 0.717) is 22.9 Å². The van der Waals surface area contributed by atoms with Gasteiger partial charge in [-0.05, 0) is 28.5 Å². The van der Waals surface area contributed by atoms with Crippen LogP contribution >= 0.6 is 23.7 Å². The van der Waals surface area contributed by atoms with Crippen molar-refractivity contribution in [3.63, 3.8) is 0 Å². The number of hydrogen-bond donors (Lipinski definition) is 2. The maximum absolute atomic E-state index is 11.7. The van der Waals surface area contributed by atoms with Gasteiger partial charge in [-0.1, -0.05) is 42.5 Å². The lowest BCUT2D eigenvalue weighted by Gasteiger charge is -2.03. The fourth-order valence-electron chi connectivity index (χ4n) is 2.89. The summed E-state index contributed by atoms with van der Waals surface area (Å²) in [6.07, 6.45) is 2.05. The highest BCUT2D eigenvalue weighted by Gasteiger charge is 2.19. The molecule has 3 N–H and O–H groups in total. The Morgan fingerprint density at radius 2 is 1.85 bits per heavy atom. The van der Waals surface area contributed by atoms with Crippen LogP contribution in [0.3, 0.4) is 0 Å². The standard InChI is InChI=1S/C20H15N3O2S.ClH/c21-17-11-15(7-8-22-17)19-23-16(18(26-19)20(24)25)10-12-5-6-13-3-1-2-4-14(13)9-12;/h1-9,11H,10H2,(H2,21,22)(H,24,25);1H. The van der Waals surface area contributed by atoms with Gasteiger partial charge in [-0.2, -0.15) is 0 Å². The van der Waals surface area contributed by atoms with Gasteiger partial charge in [-0.25, -0.2) is 14.8 Å². The zero-order valence-corrected chi connectivity index (χ0v) is 15.8. The number of benzene rings is 2. The van der Waals surface area contributed by atoms with Gasteiger partial charge in [0.05, 0.1) is 5.69 Å². The summed E-state index contributed by atoms with van der Waals surface area (Å²) in [6.45, 7) is 0. The lowest BCUT2D eigenvalue weighted by molar-refractivity contribution is 0.0701. The first-order valence-corrected chi connectivity index (χ1v) is 8.84. The van der Waals surface area contributed by atoms with Crippen LogP contribution in [0.2, 0.25) is 0 Å². The Balaban J connectivity index is 0.00000210. The fraction of sp³-hybridized carbons (Fsp3) is 0.0500. The Kier molecular flexibility index (Phi) is 5.39. The molecule has 0 amide bonds. The molecule has 2 aromatic carbocycles. The van der Waals surface area contributed by atoms with Crippen molar-refractivity contribution in [3.05, 3.63) is 76.9 Å². The second-order valence-corrected chi connectivity index (χ2v) is 6.93. The molecule has 0 atom stereocenters. The van der Waals surface area contributed by atoms with Gasteiger partial charge >= 0.3 is 5.97 Å². The first-order chi connectivity index (χ1) is 12.6. The van der Waals surface area contributed by atoms with E-state index in [1.807, 2.05) is 30.3 Å². The summed E-state index contributed by atoms with van der Waals surface area (Å²) in [5, 5.41) is 12.5. The first-order valence-electron chi connectivity index (χ1n) is 8.03. The van der Waals surface area contributed by atoms with Gasteiger partial charge < -0.3 is 10.8 Å². The van der Waals surface area contributed by atoms with E-state index in [-0.39, 0.29) is 17.3 Å². The number of fused-ring (bicyclic) bond motifs is 1. The van der Waals surface area contributed by atoms with Crippen molar-refractivity contribution in [1.82, 2.24) is 9.97 Å². The summed E-state index contributed by atoms with van der Waals surface area (Å²) < 4.78 is 0. The van der Waals surface area contributed by atoms with E-state index < -0.39 is 5.97 Å². The highest BCUT2D eigenvalue weighted by atomic mass is 35.5. The van der Waals surface area contributed by atoms with E-state index in [2.05, 4.69) is 22.1 Å². The van der Waals surface area contributed by atoms with Crippen LogP contribution in [0.5, 0.6) is 0 Å². The zero-order valence-electron chi connectivity index (χ0n) is 14.1. The molecule has 27 heavy (non-hydrogen) atoms. The molecule has 0 saturated heterocycles. The molecule has 0 aliphatic carbocycles. The van der Waals surface area contributed by atoms with Gasteiger partial charge in [0.2, 0.25) is 0 Å². The largest absolute Gasteiger partial charge is 0.477 e. The van der Waals surface area contributed by atoms with Crippen molar-refractivity contribution in [2.24, 2.45) is 0 Å². The summed E-state index contributed by atoms with van der Waals surface area (Å²) in [4.78, 5) is 20.5. The summed E-state index contributed by atoms with van der Waals surface area (Å²) >= 11 is 1.16. The van der Waals surface area contributed by atoms with Gasteiger partial charge in [0.15, 0.2) is 0 Å². The number of hydrogen-bond acceptors (Lipinski definition) is 5. The molecule has 0 aliphatic heterocycles. The monoisotopic (exact) mass is 397 g/mol. The summed E-state index contributed by atoms with van der Waals surface area (Å²) in [7, 11) is 0. The molecule has 0 unspecified atom stereocenters. The minimum absolute atomic E-state index is 0. The molecule has 4 aromatic rings.